The molecular weight excluding hydrogens is 178 g/mol. The van der Waals surface area contributed by atoms with Crippen LogP contribution in [0.2, 0.25) is 0 Å². The fraction of sp³-hybridized carbons (Fsp3) is 1.00. The van der Waals surface area contributed by atoms with E-state index >= 15 is 0 Å². The molecule has 1 heterocycles. The number of aliphatic hydroxyl groups excluding tert-OH is 2. The number of rotatable bonds is 1. The molecule has 0 amide bonds. The number of hydrogen-bond acceptors (Lipinski definition) is 3. The monoisotopic (exact) mass is 201 g/mol. The molecule has 1 saturated heterocycles. The van der Waals surface area contributed by atoms with E-state index in [4.69, 9.17) is 0 Å². The Bertz CT molecular complexity index is 192. The zero-order chi connectivity index (χ0) is 10.9. The number of β-amino-alcohol motifs (C(OH)–C–C–N with tert-alkyl or cyclic N) is 1. The largest absolute Gasteiger partial charge is 0.390 e. The summed E-state index contributed by atoms with van der Waals surface area (Å²) in [6.45, 7) is 10.1. The van der Waals surface area contributed by atoms with Gasteiger partial charge < -0.3 is 10.2 Å². The predicted octanol–water partition coefficient (Wildman–Crippen LogP) is 0.849. The third-order valence-electron chi connectivity index (χ3n) is 2.99. The Kier molecular flexibility index (Phi) is 3.56. The summed E-state index contributed by atoms with van der Waals surface area (Å²) < 4.78 is 0. The van der Waals surface area contributed by atoms with Crippen LogP contribution in [0.25, 0.3) is 0 Å². The molecule has 1 rings (SSSR count). The highest BCUT2D eigenvalue weighted by molar-refractivity contribution is 4.87. The van der Waals surface area contributed by atoms with Crippen molar-refractivity contribution in [3.8, 4) is 0 Å². The minimum Gasteiger partial charge on any atom is -0.390 e. The number of hydrogen-bond donors (Lipinski definition) is 2. The van der Waals surface area contributed by atoms with Gasteiger partial charge >= 0.3 is 0 Å². The van der Waals surface area contributed by atoms with Crippen molar-refractivity contribution < 1.29 is 10.2 Å². The standard InChI is InChI=1S/C11H23NO2/c1-8(2)12-6-10(14)9(13)5-11(3,4)7-12/h8-10,13-14H,5-7H2,1-4H3. The number of aliphatic hydroxyl groups is 2. The molecule has 2 atom stereocenters. The first kappa shape index (κ1) is 12.0. The molecular formula is C11H23NO2. The van der Waals surface area contributed by atoms with Crippen LogP contribution in [-0.4, -0.2) is 46.5 Å². The Labute approximate surface area is 86.7 Å². The Balaban J connectivity index is 2.74. The molecule has 2 N–H and O–H groups in total. The zero-order valence-corrected chi connectivity index (χ0v) is 9.70. The Hall–Kier alpha value is -0.120. The first-order chi connectivity index (χ1) is 6.32. The highest BCUT2D eigenvalue weighted by Crippen LogP contribution is 2.29. The maximum atomic E-state index is 9.72. The molecule has 1 fully saturated rings. The molecule has 14 heavy (non-hydrogen) atoms. The molecule has 0 spiro atoms. The lowest BCUT2D eigenvalue weighted by molar-refractivity contribution is 0.000901. The summed E-state index contributed by atoms with van der Waals surface area (Å²) in [5.41, 5.74) is 0.0845. The third kappa shape index (κ3) is 2.94. The van der Waals surface area contributed by atoms with Gasteiger partial charge in [-0.1, -0.05) is 13.8 Å². The molecule has 0 aromatic carbocycles. The second kappa shape index (κ2) is 4.17. The van der Waals surface area contributed by atoms with Gasteiger partial charge in [-0.15, -0.1) is 0 Å². The van der Waals surface area contributed by atoms with Crippen molar-refractivity contribution in [3.05, 3.63) is 0 Å². The molecule has 0 aliphatic carbocycles. The molecule has 0 bridgehead atoms. The van der Waals surface area contributed by atoms with Gasteiger partial charge in [-0.05, 0) is 25.7 Å². The van der Waals surface area contributed by atoms with Gasteiger partial charge in [-0.25, -0.2) is 0 Å². The summed E-state index contributed by atoms with van der Waals surface area (Å²) >= 11 is 0. The summed E-state index contributed by atoms with van der Waals surface area (Å²) in [5.74, 6) is 0. The van der Waals surface area contributed by atoms with Gasteiger partial charge in [0.15, 0.2) is 0 Å². The molecule has 0 aromatic heterocycles. The van der Waals surface area contributed by atoms with E-state index in [9.17, 15) is 10.2 Å². The summed E-state index contributed by atoms with van der Waals surface area (Å²) in [4.78, 5) is 2.24. The maximum Gasteiger partial charge on any atom is 0.0925 e. The molecule has 1 aliphatic rings. The van der Waals surface area contributed by atoms with Crippen LogP contribution in [0.15, 0.2) is 0 Å². The van der Waals surface area contributed by atoms with Crippen LogP contribution in [0.1, 0.15) is 34.1 Å². The molecule has 0 saturated carbocycles. The number of likely N-dealkylation sites (tertiary alicyclic amines) is 1. The molecule has 3 nitrogen and oxygen atoms in total. The lowest BCUT2D eigenvalue weighted by Crippen LogP contribution is -2.40. The fourth-order valence-corrected chi connectivity index (χ4v) is 2.14. The van der Waals surface area contributed by atoms with Gasteiger partial charge in [0.2, 0.25) is 0 Å². The van der Waals surface area contributed by atoms with Crippen molar-refractivity contribution in [1.82, 2.24) is 4.90 Å². The van der Waals surface area contributed by atoms with Crippen LogP contribution in [0.5, 0.6) is 0 Å². The van der Waals surface area contributed by atoms with E-state index in [0.29, 0.717) is 19.0 Å². The molecule has 84 valence electrons. The summed E-state index contributed by atoms with van der Waals surface area (Å²) in [6, 6.07) is 0.425. The van der Waals surface area contributed by atoms with Crippen molar-refractivity contribution in [2.75, 3.05) is 13.1 Å². The topological polar surface area (TPSA) is 43.7 Å². The van der Waals surface area contributed by atoms with Crippen LogP contribution in [0.4, 0.5) is 0 Å². The summed E-state index contributed by atoms with van der Waals surface area (Å²) in [6.07, 6.45) is -0.495. The molecule has 1 aliphatic heterocycles. The molecule has 3 heteroatoms. The average molecular weight is 201 g/mol. The average Bonchev–Trinajstić information content (AvgIpc) is 2.09. The third-order valence-corrected chi connectivity index (χ3v) is 2.99. The molecule has 2 unspecified atom stereocenters. The van der Waals surface area contributed by atoms with Crippen LogP contribution >= 0.6 is 0 Å². The van der Waals surface area contributed by atoms with E-state index in [1.54, 1.807) is 0 Å². The second-order valence-corrected chi connectivity index (χ2v) is 5.53. The SMILES string of the molecule is CC(C)N1CC(O)C(O)CC(C)(C)C1. The minimum atomic E-state index is -0.598. The van der Waals surface area contributed by atoms with Crippen molar-refractivity contribution >= 4 is 0 Å². The first-order valence-corrected chi connectivity index (χ1v) is 5.42. The van der Waals surface area contributed by atoms with Gasteiger partial charge in [-0.2, -0.15) is 0 Å². The maximum absolute atomic E-state index is 9.72. The van der Waals surface area contributed by atoms with E-state index in [1.807, 2.05) is 0 Å². The van der Waals surface area contributed by atoms with Crippen molar-refractivity contribution in [2.45, 2.75) is 52.4 Å². The van der Waals surface area contributed by atoms with Crippen LogP contribution in [0.3, 0.4) is 0 Å². The minimum absolute atomic E-state index is 0.0845. The normalized spacial score (nSPS) is 34.5. The first-order valence-electron chi connectivity index (χ1n) is 5.42. The van der Waals surface area contributed by atoms with Crippen molar-refractivity contribution in [3.63, 3.8) is 0 Å². The van der Waals surface area contributed by atoms with Gasteiger partial charge in [-0.3, -0.25) is 4.90 Å². The lowest BCUT2D eigenvalue weighted by atomic mass is 9.86. The van der Waals surface area contributed by atoms with E-state index < -0.39 is 12.2 Å². The van der Waals surface area contributed by atoms with Gasteiger partial charge in [0.05, 0.1) is 12.2 Å². The fourth-order valence-electron chi connectivity index (χ4n) is 2.14. The van der Waals surface area contributed by atoms with Gasteiger partial charge in [0.1, 0.15) is 0 Å². The van der Waals surface area contributed by atoms with E-state index in [0.717, 1.165) is 6.54 Å². The Morgan fingerprint density at radius 3 is 2.29 bits per heavy atom. The Morgan fingerprint density at radius 1 is 1.21 bits per heavy atom. The Morgan fingerprint density at radius 2 is 1.79 bits per heavy atom. The van der Waals surface area contributed by atoms with E-state index in [-0.39, 0.29) is 5.41 Å². The molecule has 0 aromatic rings. The number of nitrogens with zero attached hydrogens (tertiary/aromatic N) is 1. The van der Waals surface area contributed by atoms with E-state index in [1.165, 1.54) is 0 Å². The van der Waals surface area contributed by atoms with Crippen molar-refractivity contribution in [2.24, 2.45) is 5.41 Å². The van der Waals surface area contributed by atoms with E-state index in [2.05, 4.69) is 32.6 Å². The quantitative estimate of drug-likeness (QED) is 0.661. The highest BCUT2D eigenvalue weighted by atomic mass is 16.3. The molecule has 0 radical (unpaired) electrons. The lowest BCUT2D eigenvalue weighted by Gasteiger charge is -2.32. The van der Waals surface area contributed by atoms with Crippen LogP contribution in [0, 0.1) is 5.41 Å². The van der Waals surface area contributed by atoms with Gasteiger partial charge in [0, 0.05) is 19.1 Å². The van der Waals surface area contributed by atoms with Crippen molar-refractivity contribution in [1.29, 1.82) is 0 Å². The smallest absolute Gasteiger partial charge is 0.0925 e. The van der Waals surface area contributed by atoms with Crippen LogP contribution < -0.4 is 0 Å². The van der Waals surface area contributed by atoms with Crippen LogP contribution in [-0.2, 0) is 0 Å². The highest BCUT2D eigenvalue weighted by Gasteiger charge is 2.34. The summed E-state index contributed by atoms with van der Waals surface area (Å²) in [7, 11) is 0. The second-order valence-electron chi connectivity index (χ2n) is 5.53. The zero-order valence-electron chi connectivity index (χ0n) is 9.70. The van der Waals surface area contributed by atoms with Gasteiger partial charge in [0.25, 0.3) is 0 Å². The predicted molar refractivity (Wildman–Crippen MR) is 57.1 cm³/mol. The summed E-state index contributed by atoms with van der Waals surface area (Å²) in [5, 5.41) is 19.4.